The van der Waals surface area contributed by atoms with Crippen molar-refractivity contribution in [3.63, 3.8) is 0 Å². The molecule has 0 bridgehead atoms. The van der Waals surface area contributed by atoms with Gasteiger partial charge in [0.2, 0.25) is 11.8 Å². The van der Waals surface area contributed by atoms with Gasteiger partial charge in [0.05, 0.1) is 30.7 Å². The van der Waals surface area contributed by atoms with Crippen LogP contribution in [-0.2, 0) is 6.54 Å². The fourth-order valence-electron chi connectivity index (χ4n) is 2.87. The fourth-order valence-corrected chi connectivity index (χ4v) is 3.23. The summed E-state index contributed by atoms with van der Waals surface area (Å²) in [4.78, 5) is 22.1. The molecule has 1 saturated heterocycles. The van der Waals surface area contributed by atoms with Crippen LogP contribution in [0.2, 0.25) is 0 Å². The van der Waals surface area contributed by atoms with Crippen LogP contribution in [0.15, 0.2) is 34.4 Å². The summed E-state index contributed by atoms with van der Waals surface area (Å²) in [6.07, 6.45) is 7.28. The first-order chi connectivity index (χ1) is 13.2. The van der Waals surface area contributed by atoms with Crippen molar-refractivity contribution in [3.05, 3.63) is 29.4 Å². The van der Waals surface area contributed by atoms with Gasteiger partial charge in [0.15, 0.2) is 5.96 Å². The van der Waals surface area contributed by atoms with Crippen LogP contribution in [0.3, 0.4) is 0 Å². The van der Waals surface area contributed by atoms with E-state index in [9.17, 15) is 0 Å². The molecule has 3 heterocycles. The first-order valence-electron chi connectivity index (χ1n) is 9.01. The Morgan fingerprint density at radius 2 is 2.15 bits per heavy atom. The van der Waals surface area contributed by atoms with Crippen LogP contribution in [-0.4, -0.2) is 76.8 Å². The lowest BCUT2D eigenvalue weighted by molar-refractivity contribution is 0.366. The highest BCUT2D eigenvalue weighted by Crippen LogP contribution is 2.23. The quantitative estimate of drug-likeness (QED) is 0.538. The van der Waals surface area contributed by atoms with Crippen LogP contribution in [0.4, 0.5) is 5.95 Å². The summed E-state index contributed by atoms with van der Waals surface area (Å²) in [7, 11) is 1.61. The highest BCUT2D eigenvalue weighted by Gasteiger charge is 2.22. The van der Waals surface area contributed by atoms with E-state index in [0.717, 1.165) is 49.7 Å². The number of hydrogen-bond acceptors (Lipinski definition) is 6. The minimum absolute atomic E-state index is 0.553. The van der Waals surface area contributed by atoms with Crippen molar-refractivity contribution in [2.45, 2.75) is 13.5 Å². The number of nitrogens with one attached hydrogen (secondary N) is 1. The van der Waals surface area contributed by atoms with E-state index in [-0.39, 0.29) is 0 Å². The first-order valence-corrected chi connectivity index (χ1v) is 9.81. The smallest absolute Gasteiger partial charge is 0.232 e. The molecule has 10 heteroatoms. The predicted molar refractivity (Wildman–Crippen MR) is 108 cm³/mol. The molecule has 0 amide bonds. The molecule has 2 aromatic heterocycles. The van der Waals surface area contributed by atoms with E-state index in [1.54, 1.807) is 19.5 Å². The standard InChI is InChI=1S/C17H25BrN8O/c1-3-20-16(21-5-7-24-6-4-19-13-24)25-8-10-26(11-9-25)17-22-12-14(18)15(23-17)27-2/h4,6,12-13H,3,5,7-11H2,1-2H3,(H,20,21). The number of guanidine groups is 1. The zero-order chi connectivity index (χ0) is 19.1. The maximum Gasteiger partial charge on any atom is 0.232 e. The number of ether oxygens (including phenoxy) is 1. The van der Waals surface area contributed by atoms with Gasteiger partial charge in [0.25, 0.3) is 0 Å². The van der Waals surface area contributed by atoms with E-state index in [2.05, 4.69) is 52.9 Å². The average Bonchev–Trinajstić information content (AvgIpc) is 3.21. The maximum absolute atomic E-state index is 5.27. The van der Waals surface area contributed by atoms with Gasteiger partial charge in [-0.1, -0.05) is 0 Å². The molecule has 1 aliphatic rings. The highest BCUT2D eigenvalue weighted by molar-refractivity contribution is 9.10. The molecule has 0 aliphatic carbocycles. The molecule has 0 saturated carbocycles. The zero-order valence-electron chi connectivity index (χ0n) is 15.7. The van der Waals surface area contributed by atoms with Crippen LogP contribution < -0.4 is 15.0 Å². The Balaban J connectivity index is 1.58. The predicted octanol–water partition coefficient (Wildman–Crippen LogP) is 1.23. The molecular formula is C17H25BrN8O. The van der Waals surface area contributed by atoms with Crippen molar-refractivity contribution < 1.29 is 4.74 Å². The number of halogens is 1. The van der Waals surface area contributed by atoms with Gasteiger partial charge in [-0.15, -0.1) is 0 Å². The third kappa shape index (κ3) is 5.09. The summed E-state index contributed by atoms with van der Waals surface area (Å²) in [6, 6.07) is 0. The Bertz CT molecular complexity index is 743. The lowest BCUT2D eigenvalue weighted by Crippen LogP contribution is -2.53. The molecule has 1 fully saturated rings. The zero-order valence-corrected chi connectivity index (χ0v) is 17.3. The van der Waals surface area contributed by atoms with Gasteiger partial charge in [-0.3, -0.25) is 4.99 Å². The van der Waals surface area contributed by atoms with Crippen molar-refractivity contribution in [3.8, 4) is 5.88 Å². The number of aromatic nitrogens is 4. The molecule has 0 unspecified atom stereocenters. The second kappa shape index (κ2) is 9.54. The van der Waals surface area contributed by atoms with E-state index in [0.29, 0.717) is 18.4 Å². The van der Waals surface area contributed by atoms with E-state index in [1.165, 1.54) is 0 Å². The number of hydrogen-bond donors (Lipinski definition) is 1. The van der Waals surface area contributed by atoms with Gasteiger partial charge in [0, 0.05) is 51.7 Å². The summed E-state index contributed by atoms with van der Waals surface area (Å²) < 4.78 is 8.06. The molecule has 2 aromatic rings. The van der Waals surface area contributed by atoms with E-state index < -0.39 is 0 Å². The topological polar surface area (TPSA) is 83.7 Å². The molecule has 1 N–H and O–H groups in total. The van der Waals surface area contributed by atoms with E-state index in [1.807, 2.05) is 17.1 Å². The fraction of sp³-hybridized carbons (Fsp3) is 0.529. The van der Waals surface area contributed by atoms with Crippen LogP contribution >= 0.6 is 15.9 Å². The molecule has 1 aliphatic heterocycles. The summed E-state index contributed by atoms with van der Waals surface area (Å²) in [5.74, 6) is 2.19. The third-order valence-electron chi connectivity index (χ3n) is 4.27. The van der Waals surface area contributed by atoms with Crippen molar-refractivity contribution >= 4 is 27.8 Å². The molecule has 0 spiro atoms. The number of aliphatic imine (C=N–C) groups is 1. The lowest BCUT2D eigenvalue weighted by atomic mass is 10.3. The molecule has 0 radical (unpaired) electrons. The number of nitrogens with zero attached hydrogens (tertiary/aromatic N) is 7. The van der Waals surface area contributed by atoms with Crippen molar-refractivity contribution in [1.29, 1.82) is 0 Å². The molecule has 3 rings (SSSR count). The van der Waals surface area contributed by atoms with Crippen molar-refractivity contribution in [1.82, 2.24) is 29.7 Å². The molecule has 0 atom stereocenters. The Morgan fingerprint density at radius 1 is 1.33 bits per heavy atom. The van der Waals surface area contributed by atoms with Gasteiger partial charge in [-0.25, -0.2) is 9.97 Å². The summed E-state index contributed by atoms with van der Waals surface area (Å²) in [6.45, 7) is 7.85. The Hall–Kier alpha value is -2.36. The normalized spacial score (nSPS) is 15.1. The summed E-state index contributed by atoms with van der Waals surface area (Å²) in [5, 5.41) is 3.39. The van der Waals surface area contributed by atoms with E-state index >= 15 is 0 Å². The Morgan fingerprint density at radius 3 is 2.81 bits per heavy atom. The lowest BCUT2D eigenvalue weighted by Gasteiger charge is -2.36. The number of imidazole rings is 1. The number of rotatable bonds is 6. The third-order valence-corrected chi connectivity index (χ3v) is 4.81. The first kappa shape index (κ1) is 19.4. The average molecular weight is 437 g/mol. The van der Waals surface area contributed by atoms with Crippen molar-refractivity contribution in [2.75, 3.05) is 51.3 Å². The monoisotopic (exact) mass is 436 g/mol. The Kier molecular flexibility index (Phi) is 6.86. The molecule has 9 nitrogen and oxygen atoms in total. The van der Waals surface area contributed by atoms with Crippen LogP contribution in [0.1, 0.15) is 6.92 Å². The van der Waals surface area contributed by atoms with Crippen LogP contribution in [0.25, 0.3) is 0 Å². The minimum Gasteiger partial charge on any atom is -0.480 e. The Labute approximate surface area is 167 Å². The van der Waals surface area contributed by atoms with Gasteiger partial charge < -0.3 is 24.4 Å². The second-order valence-corrected chi connectivity index (χ2v) is 6.89. The number of anilines is 1. The van der Waals surface area contributed by atoms with E-state index in [4.69, 9.17) is 9.73 Å². The number of piperazine rings is 1. The van der Waals surface area contributed by atoms with Crippen molar-refractivity contribution in [2.24, 2.45) is 4.99 Å². The molecule has 27 heavy (non-hydrogen) atoms. The van der Waals surface area contributed by atoms with Gasteiger partial charge >= 0.3 is 0 Å². The van der Waals surface area contributed by atoms with Gasteiger partial charge in [-0.05, 0) is 22.9 Å². The van der Waals surface area contributed by atoms with Gasteiger partial charge in [-0.2, -0.15) is 4.98 Å². The summed E-state index contributed by atoms with van der Waals surface area (Å²) >= 11 is 3.39. The second-order valence-electron chi connectivity index (χ2n) is 6.04. The summed E-state index contributed by atoms with van der Waals surface area (Å²) in [5.41, 5.74) is 0. The minimum atomic E-state index is 0.553. The highest BCUT2D eigenvalue weighted by atomic mass is 79.9. The SMILES string of the molecule is CCNC(=NCCn1ccnc1)N1CCN(c2ncc(Br)c(OC)n2)CC1. The molecule has 0 aromatic carbocycles. The van der Waals surface area contributed by atoms with Gasteiger partial charge in [0.1, 0.15) is 0 Å². The molecular weight excluding hydrogens is 412 g/mol. The van der Waals surface area contributed by atoms with Crippen LogP contribution in [0.5, 0.6) is 5.88 Å². The molecule has 146 valence electrons. The number of methoxy groups -OCH3 is 1. The van der Waals surface area contributed by atoms with Crippen LogP contribution in [0, 0.1) is 0 Å². The largest absolute Gasteiger partial charge is 0.480 e. The maximum atomic E-state index is 5.27.